The third-order valence-corrected chi connectivity index (χ3v) is 5.09. The number of nitrogens with one attached hydrogen (secondary N) is 1. The maximum absolute atomic E-state index is 13.0. The molecule has 28 heavy (non-hydrogen) atoms. The summed E-state index contributed by atoms with van der Waals surface area (Å²) >= 11 is 0. The molecule has 3 rings (SSSR count). The summed E-state index contributed by atoms with van der Waals surface area (Å²) in [6.45, 7) is 8.13. The zero-order valence-electron chi connectivity index (χ0n) is 16.4. The second-order valence-corrected chi connectivity index (χ2v) is 8.20. The zero-order chi connectivity index (χ0) is 20.7. The van der Waals surface area contributed by atoms with Crippen LogP contribution in [0.5, 0.6) is 0 Å². The monoisotopic (exact) mass is 381 g/mol. The van der Waals surface area contributed by atoms with Crippen molar-refractivity contribution in [1.82, 2.24) is 10.2 Å². The van der Waals surface area contributed by atoms with Gasteiger partial charge in [-0.15, -0.1) is 0 Å². The highest BCUT2D eigenvalue weighted by Gasteiger charge is 2.48. The largest absolute Gasteiger partial charge is 0.325 e. The maximum Gasteiger partial charge on any atom is 0.325 e. The lowest BCUT2D eigenvalue weighted by atomic mass is 9.86. The van der Waals surface area contributed by atoms with Gasteiger partial charge >= 0.3 is 6.03 Å². The number of imide groups is 1. The zero-order valence-corrected chi connectivity index (χ0v) is 16.4. The molecule has 1 aliphatic rings. The normalized spacial score (nSPS) is 19.6. The number of non-ortho nitro benzene ring substituents is 1. The van der Waals surface area contributed by atoms with Crippen LogP contribution in [-0.2, 0) is 22.3 Å². The topological polar surface area (TPSA) is 92.6 Å². The summed E-state index contributed by atoms with van der Waals surface area (Å²) < 4.78 is 0. The van der Waals surface area contributed by atoms with Gasteiger partial charge in [-0.25, -0.2) is 4.79 Å². The molecule has 1 unspecified atom stereocenters. The van der Waals surface area contributed by atoms with E-state index in [-0.39, 0.29) is 23.6 Å². The summed E-state index contributed by atoms with van der Waals surface area (Å²) in [5.41, 5.74) is 1.22. The van der Waals surface area contributed by atoms with Crippen molar-refractivity contribution in [1.29, 1.82) is 0 Å². The van der Waals surface area contributed by atoms with Crippen LogP contribution in [-0.4, -0.2) is 21.8 Å². The van der Waals surface area contributed by atoms with Crippen LogP contribution in [0.15, 0.2) is 48.5 Å². The van der Waals surface area contributed by atoms with E-state index in [1.807, 2.05) is 24.3 Å². The first-order chi connectivity index (χ1) is 13.0. The molecule has 0 spiro atoms. The molecule has 1 N–H and O–H groups in total. The molecule has 1 fully saturated rings. The van der Waals surface area contributed by atoms with E-state index in [2.05, 4.69) is 26.1 Å². The van der Waals surface area contributed by atoms with Gasteiger partial charge in [0.1, 0.15) is 5.54 Å². The number of carbonyl (C=O) groups is 2. The first-order valence-corrected chi connectivity index (χ1v) is 9.01. The predicted octanol–water partition coefficient (Wildman–Crippen LogP) is 3.86. The van der Waals surface area contributed by atoms with Crippen molar-refractivity contribution in [2.45, 2.75) is 45.2 Å². The number of hydrogen-bond acceptors (Lipinski definition) is 4. The summed E-state index contributed by atoms with van der Waals surface area (Å²) in [6, 6.07) is 13.0. The minimum Gasteiger partial charge on any atom is -0.319 e. The van der Waals surface area contributed by atoms with Crippen LogP contribution in [0.25, 0.3) is 0 Å². The molecule has 146 valence electrons. The minimum absolute atomic E-state index is 0.0217. The highest BCUT2D eigenvalue weighted by molar-refractivity contribution is 6.07. The molecule has 2 aromatic rings. The van der Waals surface area contributed by atoms with Gasteiger partial charge in [-0.05, 0) is 41.2 Å². The van der Waals surface area contributed by atoms with Crippen molar-refractivity contribution in [3.05, 3.63) is 75.3 Å². The molecule has 1 saturated heterocycles. The average Bonchev–Trinajstić information content (AvgIpc) is 2.85. The van der Waals surface area contributed by atoms with Gasteiger partial charge in [-0.2, -0.15) is 0 Å². The van der Waals surface area contributed by atoms with Crippen LogP contribution in [0.3, 0.4) is 0 Å². The number of hydrogen-bond donors (Lipinski definition) is 1. The molecule has 0 saturated carbocycles. The fourth-order valence-corrected chi connectivity index (χ4v) is 3.25. The molecule has 1 atom stereocenters. The van der Waals surface area contributed by atoms with Crippen molar-refractivity contribution in [2.24, 2.45) is 0 Å². The van der Waals surface area contributed by atoms with Crippen LogP contribution >= 0.6 is 0 Å². The molecule has 1 heterocycles. The van der Waals surface area contributed by atoms with Gasteiger partial charge in [0.05, 0.1) is 11.5 Å². The van der Waals surface area contributed by atoms with E-state index < -0.39 is 16.5 Å². The third kappa shape index (κ3) is 3.47. The number of nitro benzene ring substituents is 1. The fraction of sp³-hybridized carbons (Fsp3) is 0.333. The number of carbonyl (C=O) groups excluding carboxylic acids is 2. The lowest BCUT2D eigenvalue weighted by molar-refractivity contribution is -0.384. The standard InChI is InChI=1S/C21H23N3O4/c1-20(2,3)15-7-5-14(6-8-15)13-23-18(25)21(4,22-19(23)26)16-9-11-17(12-10-16)24(27)28/h5-12H,13H2,1-4H3,(H,22,26). The molecule has 2 aromatic carbocycles. The van der Waals surface area contributed by atoms with Crippen LogP contribution in [0.4, 0.5) is 10.5 Å². The molecule has 7 nitrogen and oxygen atoms in total. The maximum atomic E-state index is 13.0. The Bertz CT molecular complexity index is 930. The van der Waals surface area contributed by atoms with Crippen molar-refractivity contribution < 1.29 is 14.5 Å². The molecule has 3 amide bonds. The summed E-state index contributed by atoms with van der Waals surface area (Å²) in [6.07, 6.45) is 0. The Labute approximate surface area is 163 Å². The number of nitro groups is 1. The lowest BCUT2D eigenvalue weighted by Gasteiger charge is -2.22. The molecule has 1 aliphatic heterocycles. The summed E-state index contributed by atoms with van der Waals surface area (Å²) in [5, 5.41) is 13.6. The van der Waals surface area contributed by atoms with E-state index in [1.54, 1.807) is 6.92 Å². The van der Waals surface area contributed by atoms with E-state index >= 15 is 0 Å². The van der Waals surface area contributed by atoms with Crippen molar-refractivity contribution in [2.75, 3.05) is 0 Å². The van der Waals surface area contributed by atoms with Crippen LogP contribution in [0.1, 0.15) is 44.4 Å². The number of benzene rings is 2. The van der Waals surface area contributed by atoms with E-state index in [4.69, 9.17) is 0 Å². The molecule has 0 bridgehead atoms. The summed E-state index contributed by atoms with van der Waals surface area (Å²) in [5.74, 6) is -0.383. The lowest BCUT2D eigenvalue weighted by Crippen LogP contribution is -2.40. The number of rotatable bonds is 4. The van der Waals surface area contributed by atoms with Crippen molar-refractivity contribution in [3.63, 3.8) is 0 Å². The Morgan fingerprint density at radius 1 is 1.04 bits per heavy atom. The molecule has 0 radical (unpaired) electrons. The molecule has 7 heteroatoms. The second kappa shape index (κ2) is 6.74. The minimum atomic E-state index is -1.25. The van der Waals surface area contributed by atoms with Gasteiger partial charge in [0, 0.05) is 12.1 Å². The highest BCUT2D eigenvalue weighted by atomic mass is 16.6. The number of nitrogens with zero attached hydrogens (tertiary/aromatic N) is 2. The molecule has 0 aliphatic carbocycles. The van der Waals surface area contributed by atoms with Crippen molar-refractivity contribution in [3.8, 4) is 0 Å². The van der Waals surface area contributed by atoms with Gasteiger partial charge in [-0.1, -0.05) is 45.0 Å². The smallest absolute Gasteiger partial charge is 0.319 e. The van der Waals surface area contributed by atoms with Crippen LogP contribution < -0.4 is 5.32 Å². The predicted molar refractivity (Wildman–Crippen MR) is 105 cm³/mol. The van der Waals surface area contributed by atoms with E-state index in [0.29, 0.717) is 5.56 Å². The molecular weight excluding hydrogens is 358 g/mol. The fourth-order valence-electron chi connectivity index (χ4n) is 3.25. The quantitative estimate of drug-likeness (QED) is 0.494. The Morgan fingerprint density at radius 3 is 2.11 bits per heavy atom. The second-order valence-electron chi connectivity index (χ2n) is 8.20. The summed E-state index contributed by atoms with van der Waals surface area (Å²) in [4.78, 5) is 37.0. The van der Waals surface area contributed by atoms with Gasteiger partial charge < -0.3 is 5.32 Å². The SMILES string of the molecule is CC(C)(C)c1ccc(CN2C(=O)NC(C)(c3ccc([N+](=O)[O-])cc3)C2=O)cc1. The Kier molecular flexibility index (Phi) is 4.71. The Morgan fingerprint density at radius 2 is 1.61 bits per heavy atom. The van der Waals surface area contributed by atoms with E-state index in [9.17, 15) is 19.7 Å². The third-order valence-electron chi connectivity index (χ3n) is 5.09. The van der Waals surface area contributed by atoms with E-state index in [0.717, 1.165) is 5.56 Å². The first-order valence-electron chi connectivity index (χ1n) is 9.01. The van der Waals surface area contributed by atoms with Gasteiger partial charge in [0.2, 0.25) is 0 Å². The molecule has 0 aromatic heterocycles. The summed E-state index contributed by atoms with van der Waals surface area (Å²) in [7, 11) is 0. The van der Waals surface area contributed by atoms with Crippen LogP contribution in [0.2, 0.25) is 0 Å². The average molecular weight is 381 g/mol. The van der Waals surface area contributed by atoms with E-state index in [1.165, 1.54) is 34.7 Å². The Hall–Kier alpha value is -3.22. The highest BCUT2D eigenvalue weighted by Crippen LogP contribution is 2.31. The first kappa shape index (κ1) is 19.5. The van der Waals surface area contributed by atoms with Crippen LogP contribution in [0, 0.1) is 10.1 Å². The number of urea groups is 1. The Balaban J connectivity index is 1.82. The molecular formula is C21H23N3O4. The number of amides is 3. The van der Waals surface area contributed by atoms with Crippen molar-refractivity contribution >= 4 is 17.6 Å². The van der Waals surface area contributed by atoms with Gasteiger partial charge in [-0.3, -0.25) is 19.8 Å². The van der Waals surface area contributed by atoms with Gasteiger partial charge in [0.15, 0.2) is 0 Å². The van der Waals surface area contributed by atoms with Gasteiger partial charge in [0.25, 0.3) is 11.6 Å².